The van der Waals surface area contributed by atoms with Crippen molar-refractivity contribution in [1.29, 1.82) is 0 Å². The highest BCUT2D eigenvalue weighted by atomic mass is 19.3. The van der Waals surface area contributed by atoms with E-state index in [1.54, 1.807) is 20.8 Å². The molecule has 0 heterocycles. The molecule has 0 aromatic heterocycles. The van der Waals surface area contributed by atoms with Crippen molar-refractivity contribution in [3.05, 3.63) is 0 Å². The normalized spacial score (nSPS) is 28.6. The van der Waals surface area contributed by atoms with Gasteiger partial charge in [-0.2, -0.15) is 0 Å². The Morgan fingerprint density at radius 2 is 1.58 bits per heavy atom. The zero-order valence-electron chi connectivity index (χ0n) is 13.3. The molecule has 0 amide bonds. The molecule has 0 radical (unpaired) electrons. The first-order valence-electron chi connectivity index (χ1n) is 7.10. The van der Waals surface area contributed by atoms with Gasteiger partial charge in [0.25, 0.3) is 11.6 Å². The van der Waals surface area contributed by atoms with Gasteiger partial charge < -0.3 is 14.6 Å². The Morgan fingerprint density at radius 1 is 1.08 bits per heavy atom. The molecular weight excluding hydrogens is 340 g/mol. The summed E-state index contributed by atoms with van der Waals surface area (Å²) in [4.78, 5) is 33.7. The fourth-order valence-corrected chi connectivity index (χ4v) is 1.99. The maximum absolute atomic E-state index is 14.1. The van der Waals surface area contributed by atoms with E-state index in [4.69, 9.17) is 9.84 Å². The molecule has 0 aromatic carbocycles. The van der Waals surface area contributed by atoms with Gasteiger partial charge in [0.15, 0.2) is 0 Å². The van der Waals surface area contributed by atoms with Crippen LogP contribution in [0, 0.1) is 5.41 Å². The Hall–Kier alpha value is -1.87. The van der Waals surface area contributed by atoms with Crippen molar-refractivity contribution in [2.75, 3.05) is 13.2 Å². The third kappa shape index (κ3) is 2.93. The van der Waals surface area contributed by atoms with Gasteiger partial charge in [-0.05, 0) is 20.3 Å². The Labute approximate surface area is 135 Å². The van der Waals surface area contributed by atoms with E-state index in [0.29, 0.717) is 6.42 Å². The molecule has 1 aliphatic carbocycles. The number of carbonyl (C=O) groups is 3. The first kappa shape index (κ1) is 20.2. The fourth-order valence-electron chi connectivity index (χ4n) is 1.99. The van der Waals surface area contributed by atoms with E-state index in [1.165, 1.54) is 0 Å². The number of carboxylic acids is 1. The Balaban J connectivity index is 2.61. The molecule has 2 atom stereocenters. The highest BCUT2D eigenvalue weighted by Crippen LogP contribution is 2.59. The van der Waals surface area contributed by atoms with Crippen LogP contribution >= 0.6 is 0 Å². The number of hydrogen-bond donors (Lipinski definition) is 1. The smallest absolute Gasteiger partial charge is 0.352 e. The van der Waals surface area contributed by atoms with E-state index in [2.05, 4.69) is 4.74 Å². The van der Waals surface area contributed by atoms with Gasteiger partial charge in [0.1, 0.15) is 13.2 Å². The minimum Gasteiger partial charge on any atom is -0.479 e. The largest absolute Gasteiger partial charge is 0.479 e. The third-order valence-corrected chi connectivity index (χ3v) is 4.12. The molecule has 0 spiro atoms. The first-order chi connectivity index (χ1) is 10.8. The van der Waals surface area contributed by atoms with Crippen molar-refractivity contribution >= 4 is 17.9 Å². The van der Waals surface area contributed by atoms with Gasteiger partial charge in [-0.3, -0.25) is 4.79 Å². The number of aliphatic carboxylic acids is 1. The Kier molecular flexibility index (Phi) is 5.22. The number of carboxylic acid groups (broad SMARTS) is 1. The number of alkyl halides is 4. The highest BCUT2D eigenvalue weighted by molar-refractivity contribution is 5.96. The van der Waals surface area contributed by atoms with Crippen LogP contribution in [0.4, 0.5) is 17.6 Å². The molecule has 10 heteroatoms. The van der Waals surface area contributed by atoms with E-state index in [-0.39, 0.29) is 0 Å². The first-order valence-corrected chi connectivity index (χ1v) is 7.10. The SMILES string of the molecule is CCC(C)(C)C(=O)OCCOC(=O)C1(F)CC(F)(F)C1(F)C(=O)O. The zero-order valence-corrected chi connectivity index (χ0v) is 13.3. The number of rotatable bonds is 7. The summed E-state index contributed by atoms with van der Waals surface area (Å²) in [5.74, 6) is -10.0. The zero-order chi connectivity index (χ0) is 19.0. The molecule has 1 aliphatic rings. The van der Waals surface area contributed by atoms with Crippen LogP contribution in [-0.4, -0.2) is 53.5 Å². The summed E-state index contributed by atoms with van der Waals surface area (Å²) < 4.78 is 63.1. The second kappa shape index (κ2) is 6.21. The van der Waals surface area contributed by atoms with Gasteiger partial charge in [-0.1, -0.05) is 6.92 Å². The van der Waals surface area contributed by atoms with Gasteiger partial charge >= 0.3 is 23.6 Å². The Bertz CT molecular complexity index is 549. The van der Waals surface area contributed by atoms with E-state index < -0.39 is 60.2 Å². The van der Waals surface area contributed by atoms with Crippen molar-refractivity contribution in [3.8, 4) is 0 Å². The van der Waals surface area contributed by atoms with Crippen LogP contribution in [0.1, 0.15) is 33.6 Å². The van der Waals surface area contributed by atoms with Crippen molar-refractivity contribution in [2.45, 2.75) is 50.9 Å². The maximum atomic E-state index is 14.1. The summed E-state index contributed by atoms with van der Waals surface area (Å²) in [5, 5.41) is 8.50. The molecule has 24 heavy (non-hydrogen) atoms. The van der Waals surface area contributed by atoms with Crippen molar-refractivity contribution in [3.63, 3.8) is 0 Å². The third-order valence-electron chi connectivity index (χ3n) is 4.12. The second-order valence-electron chi connectivity index (χ2n) is 6.16. The monoisotopic (exact) mass is 358 g/mol. The highest BCUT2D eigenvalue weighted by Gasteiger charge is 2.88. The average molecular weight is 358 g/mol. The minimum atomic E-state index is -4.70. The van der Waals surface area contributed by atoms with Crippen molar-refractivity contribution in [1.82, 2.24) is 0 Å². The summed E-state index contributed by atoms with van der Waals surface area (Å²) in [5.41, 5.74) is -9.51. The van der Waals surface area contributed by atoms with Gasteiger partial charge in [-0.15, -0.1) is 0 Å². The molecule has 1 fully saturated rings. The van der Waals surface area contributed by atoms with Crippen LogP contribution in [-0.2, 0) is 23.9 Å². The molecule has 138 valence electrons. The van der Waals surface area contributed by atoms with E-state index >= 15 is 0 Å². The topological polar surface area (TPSA) is 89.9 Å². The Morgan fingerprint density at radius 3 is 2.00 bits per heavy atom. The van der Waals surface area contributed by atoms with Gasteiger partial charge in [0.05, 0.1) is 11.8 Å². The quantitative estimate of drug-likeness (QED) is 0.426. The number of esters is 2. The molecule has 0 saturated heterocycles. The summed E-state index contributed by atoms with van der Waals surface area (Å²) in [6.45, 7) is 3.69. The molecule has 1 rings (SSSR count). The van der Waals surface area contributed by atoms with Crippen molar-refractivity contribution in [2.24, 2.45) is 5.41 Å². The van der Waals surface area contributed by atoms with Gasteiger partial charge in [0.2, 0.25) is 0 Å². The van der Waals surface area contributed by atoms with E-state index in [0.717, 1.165) is 0 Å². The summed E-state index contributed by atoms with van der Waals surface area (Å²) in [7, 11) is 0. The predicted octanol–water partition coefficient (Wildman–Crippen LogP) is 2.05. The number of halogens is 4. The van der Waals surface area contributed by atoms with E-state index in [1.807, 2.05) is 0 Å². The van der Waals surface area contributed by atoms with Crippen LogP contribution in [0.15, 0.2) is 0 Å². The van der Waals surface area contributed by atoms with Crippen LogP contribution in [0.3, 0.4) is 0 Å². The lowest BCUT2D eigenvalue weighted by Gasteiger charge is -2.48. The van der Waals surface area contributed by atoms with Gasteiger partial charge in [-0.25, -0.2) is 27.2 Å². The molecular formula is C14H18F4O6. The predicted molar refractivity (Wildman–Crippen MR) is 70.9 cm³/mol. The fraction of sp³-hybridized carbons (Fsp3) is 0.786. The maximum Gasteiger partial charge on any atom is 0.352 e. The van der Waals surface area contributed by atoms with E-state index in [9.17, 15) is 31.9 Å². The standard InChI is InChI=1S/C14H18F4O6/c1-4-11(2,3)9(21)23-5-6-24-10(22)12(15)7-13(16,17)14(12,18)8(19)20/h4-7H2,1-3H3,(H,19,20). The minimum absolute atomic E-state index is 0.456. The van der Waals surface area contributed by atoms with Crippen LogP contribution in [0.5, 0.6) is 0 Å². The lowest BCUT2D eigenvalue weighted by molar-refractivity contribution is -0.292. The summed E-state index contributed by atoms with van der Waals surface area (Å²) in [6.07, 6.45) is -1.48. The summed E-state index contributed by atoms with van der Waals surface area (Å²) >= 11 is 0. The number of ether oxygens (including phenoxy) is 2. The second-order valence-corrected chi connectivity index (χ2v) is 6.16. The van der Waals surface area contributed by atoms with Gasteiger partial charge in [0, 0.05) is 0 Å². The lowest BCUT2D eigenvalue weighted by Crippen LogP contribution is -2.78. The molecule has 0 aromatic rings. The number of hydrogen-bond acceptors (Lipinski definition) is 5. The molecule has 2 unspecified atom stereocenters. The van der Waals surface area contributed by atoms with Crippen LogP contribution < -0.4 is 0 Å². The van der Waals surface area contributed by atoms with Crippen LogP contribution in [0.2, 0.25) is 0 Å². The average Bonchev–Trinajstić information content (AvgIpc) is 2.48. The lowest BCUT2D eigenvalue weighted by atomic mass is 9.64. The number of carbonyl (C=O) groups excluding carboxylic acids is 2. The summed E-state index contributed by atoms with van der Waals surface area (Å²) in [6, 6.07) is 0. The molecule has 0 bridgehead atoms. The van der Waals surface area contributed by atoms with Crippen LogP contribution in [0.25, 0.3) is 0 Å². The molecule has 0 aliphatic heterocycles. The molecule has 1 saturated carbocycles. The van der Waals surface area contributed by atoms with Crippen molar-refractivity contribution < 1.29 is 46.5 Å². The molecule has 6 nitrogen and oxygen atoms in total. The molecule has 1 N–H and O–H groups in total.